The van der Waals surface area contributed by atoms with Crippen molar-refractivity contribution >= 4 is 10.0 Å². The van der Waals surface area contributed by atoms with Crippen molar-refractivity contribution < 1.29 is 13.5 Å². The van der Waals surface area contributed by atoms with Gasteiger partial charge in [0.2, 0.25) is 10.0 Å². The second-order valence-corrected chi connectivity index (χ2v) is 7.63. The van der Waals surface area contributed by atoms with Gasteiger partial charge < -0.3 is 5.11 Å². The fourth-order valence-electron chi connectivity index (χ4n) is 2.91. The maximum absolute atomic E-state index is 12.9. The molecule has 0 amide bonds. The van der Waals surface area contributed by atoms with Crippen LogP contribution >= 0.6 is 0 Å². The van der Waals surface area contributed by atoms with E-state index in [-0.39, 0.29) is 6.54 Å². The number of aliphatic hydroxyl groups excluding tert-OH is 1. The molecule has 1 aromatic carbocycles. The molecule has 1 atom stereocenters. The van der Waals surface area contributed by atoms with Crippen LogP contribution in [-0.2, 0) is 10.0 Å². The molecule has 0 saturated carbocycles. The highest BCUT2D eigenvalue weighted by Crippen LogP contribution is 2.32. The third kappa shape index (κ3) is 2.28. The predicted octanol–water partition coefficient (Wildman–Crippen LogP) is 1.98. The minimum absolute atomic E-state index is 0.202. The Morgan fingerprint density at radius 3 is 1.80 bits per heavy atom. The lowest BCUT2D eigenvalue weighted by Crippen LogP contribution is -2.31. The van der Waals surface area contributed by atoms with Gasteiger partial charge in [-0.05, 0) is 68.9 Å². The molecule has 4 nitrogen and oxygen atoms in total. The van der Waals surface area contributed by atoms with Gasteiger partial charge >= 0.3 is 0 Å². The van der Waals surface area contributed by atoms with Gasteiger partial charge in [0, 0.05) is 13.1 Å². The third-order valence-corrected chi connectivity index (χ3v) is 6.79. The number of sulfonamides is 1. The minimum atomic E-state index is -3.52. The van der Waals surface area contributed by atoms with E-state index in [1.165, 1.54) is 4.31 Å². The van der Waals surface area contributed by atoms with Crippen LogP contribution < -0.4 is 0 Å². The van der Waals surface area contributed by atoms with Crippen LogP contribution in [0.15, 0.2) is 4.90 Å². The summed E-state index contributed by atoms with van der Waals surface area (Å²) in [6.45, 7) is 10.3. The largest absolute Gasteiger partial charge is 0.392 e. The molecular weight excluding hydrogens is 274 g/mol. The number of rotatable bonds is 2. The van der Waals surface area contributed by atoms with Crippen LogP contribution in [0.4, 0.5) is 0 Å². The van der Waals surface area contributed by atoms with E-state index in [2.05, 4.69) is 0 Å². The smallest absolute Gasteiger partial charge is 0.243 e. The number of hydrogen-bond acceptors (Lipinski definition) is 3. The van der Waals surface area contributed by atoms with Gasteiger partial charge in [-0.2, -0.15) is 4.31 Å². The van der Waals surface area contributed by atoms with Gasteiger partial charge in [0.25, 0.3) is 0 Å². The van der Waals surface area contributed by atoms with Gasteiger partial charge in [-0.15, -0.1) is 0 Å². The van der Waals surface area contributed by atoms with E-state index < -0.39 is 16.1 Å². The molecule has 0 spiro atoms. The van der Waals surface area contributed by atoms with E-state index in [1.54, 1.807) is 0 Å². The number of hydrogen-bond donors (Lipinski definition) is 1. The van der Waals surface area contributed by atoms with Crippen LogP contribution in [0.25, 0.3) is 0 Å². The Hall–Kier alpha value is -0.910. The summed E-state index contributed by atoms with van der Waals surface area (Å²) in [5.41, 5.74) is 4.87. The Morgan fingerprint density at radius 2 is 1.40 bits per heavy atom. The first-order valence-corrected chi connectivity index (χ1v) is 8.37. The van der Waals surface area contributed by atoms with Crippen molar-refractivity contribution in [3.63, 3.8) is 0 Å². The van der Waals surface area contributed by atoms with Crippen molar-refractivity contribution in [1.29, 1.82) is 0 Å². The van der Waals surface area contributed by atoms with Crippen molar-refractivity contribution in [1.82, 2.24) is 4.31 Å². The molecule has 0 aliphatic carbocycles. The molecule has 1 saturated heterocycles. The number of benzene rings is 1. The monoisotopic (exact) mass is 297 g/mol. The highest BCUT2D eigenvalue weighted by Gasteiger charge is 2.34. The Morgan fingerprint density at radius 1 is 0.950 bits per heavy atom. The molecule has 0 bridgehead atoms. The maximum Gasteiger partial charge on any atom is 0.243 e. The molecule has 5 heteroatoms. The molecule has 1 aromatic rings. The van der Waals surface area contributed by atoms with Crippen LogP contribution in [-0.4, -0.2) is 37.0 Å². The molecule has 1 aliphatic rings. The van der Waals surface area contributed by atoms with Gasteiger partial charge in [-0.1, -0.05) is 0 Å². The van der Waals surface area contributed by atoms with Crippen LogP contribution in [0.1, 0.15) is 34.2 Å². The molecule has 1 fully saturated rings. The molecule has 0 radical (unpaired) electrons. The Labute approximate surface area is 121 Å². The number of aliphatic hydroxyl groups is 1. The van der Waals surface area contributed by atoms with Gasteiger partial charge in [0.15, 0.2) is 0 Å². The normalized spacial score (nSPS) is 20.6. The van der Waals surface area contributed by atoms with Crippen molar-refractivity contribution in [2.75, 3.05) is 13.1 Å². The van der Waals surface area contributed by atoms with Crippen molar-refractivity contribution in [2.45, 2.75) is 52.0 Å². The second-order valence-electron chi connectivity index (χ2n) is 5.76. The topological polar surface area (TPSA) is 57.6 Å². The molecule has 20 heavy (non-hydrogen) atoms. The van der Waals surface area contributed by atoms with Crippen LogP contribution in [0.3, 0.4) is 0 Å². The van der Waals surface area contributed by atoms with Gasteiger partial charge in [0.1, 0.15) is 0 Å². The lowest BCUT2D eigenvalue weighted by Gasteiger charge is -2.23. The summed E-state index contributed by atoms with van der Waals surface area (Å²) in [6.07, 6.45) is -0.0285. The summed E-state index contributed by atoms with van der Waals surface area (Å²) in [5, 5.41) is 9.60. The summed E-state index contributed by atoms with van der Waals surface area (Å²) < 4.78 is 27.1. The number of nitrogens with zero attached hydrogens (tertiary/aromatic N) is 1. The Kier molecular flexibility index (Phi) is 3.97. The molecule has 0 unspecified atom stereocenters. The zero-order chi connectivity index (χ0) is 15.2. The van der Waals surface area contributed by atoms with E-state index in [4.69, 9.17) is 0 Å². The average Bonchev–Trinajstić information content (AvgIpc) is 2.81. The molecule has 1 aliphatic heterocycles. The molecular formula is C15H23NO3S. The molecule has 2 rings (SSSR count). The summed E-state index contributed by atoms with van der Waals surface area (Å²) in [4.78, 5) is 0.423. The van der Waals surface area contributed by atoms with E-state index in [1.807, 2.05) is 34.6 Å². The molecule has 0 aromatic heterocycles. The quantitative estimate of drug-likeness (QED) is 0.908. The highest BCUT2D eigenvalue weighted by atomic mass is 32.2. The van der Waals surface area contributed by atoms with E-state index in [0.29, 0.717) is 17.9 Å². The maximum atomic E-state index is 12.9. The lowest BCUT2D eigenvalue weighted by atomic mass is 9.95. The Bertz CT molecular complexity index is 621. The minimum Gasteiger partial charge on any atom is -0.392 e. The summed E-state index contributed by atoms with van der Waals surface area (Å²) in [5.74, 6) is 0. The molecule has 1 heterocycles. The highest BCUT2D eigenvalue weighted by molar-refractivity contribution is 7.89. The van der Waals surface area contributed by atoms with E-state index in [9.17, 15) is 13.5 Å². The van der Waals surface area contributed by atoms with E-state index in [0.717, 1.165) is 27.8 Å². The lowest BCUT2D eigenvalue weighted by molar-refractivity contribution is 0.189. The predicted molar refractivity (Wildman–Crippen MR) is 79.5 cm³/mol. The number of β-amino-alcohol motifs (C(OH)–C–C–N with tert-alkyl or cyclic N) is 1. The van der Waals surface area contributed by atoms with E-state index >= 15 is 0 Å². The van der Waals surface area contributed by atoms with Crippen molar-refractivity contribution in [3.8, 4) is 0 Å². The zero-order valence-corrected chi connectivity index (χ0v) is 13.6. The standard InChI is InChI=1S/C15H23NO3S/c1-9-10(2)12(4)15(13(5)11(9)3)20(18,19)16-7-6-14(17)8-16/h14,17H,6-8H2,1-5H3/t14-/m1/s1. The van der Waals surface area contributed by atoms with Gasteiger partial charge in [-0.25, -0.2) is 8.42 Å². The second kappa shape index (κ2) is 5.13. The first-order chi connectivity index (χ1) is 9.17. The van der Waals surface area contributed by atoms with Crippen molar-refractivity contribution in [3.05, 3.63) is 27.8 Å². The van der Waals surface area contributed by atoms with Gasteiger partial charge in [0.05, 0.1) is 11.0 Å². The van der Waals surface area contributed by atoms with Crippen molar-refractivity contribution in [2.24, 2.45) is 0 Å². The zero-order valence-electron chi connectivity index (χ0n) is 12.8. The summed E-state index contributed by atoms with van der Waals surface area (Å²) in [6, 6.07) is 0. The Balaban J connectivity index is 2.64. The van der Waals surface area contributed by atoms with Crippen LogP contribution in [0.2, 0.25) is 0 Å². The molecule has 112 valence electrons. The summed E-state index contributed by atoms with van der Waals surface area (Å²) in [7, 11) is -3.52. The van der Waals surface area contributed by atoms with Crippen LogP contribution in [0.5, 0.6) is 0 Å². The molecule has 1 N–H and O–H groups in total. The van der Waals surface area contributed by atoms with Gasteiger partial charge in [-0.3, -0.25) is 0 Å². The fourth-order valence-corrected chi connectivity index (χ4v) is 4.96. The van der Waals surface area contributed by atoms with Crippen LogP contribution in [0, 0.1) is 34.6 Å². The summed E-state index contributed by atoms with van der Waals surface area (Å²) >= 11 is 0. The fraction of sp³-hybridized carbons (Fsp3) is 0.600. The first kappa shape index (κ1) is 15.5. The third-order valence-electron chi connectivity index (χ3n) is 4.66. The SMILES string of the molecule is Cc1c(C)c(C)c(S(=O)(=O)N2CC[C@@H](O)C2)c(C)c1C. The average molecular weight is 297 g/mol. The first-order valence-electron chi connectivity index (χ1n) is 6.93.